The van der Waals surface area contributed by atoms with Crippen molar-refractivity contribution in [3.63, 3.8) is 0 Å². The zero-order valence-electron chi connectivity index (χ0n) is 13.2. The van der Waals surface area contributed by atoms with Gasteiger partial charge in [0, 0.05) is 4.47 Å². The van der Waals surface area contributed by atoms with Crippen molar-refractivity contribution >= 4 is 31.9 Å². The minimum atomic E-state index is -3.60. The maximum atomic E-state index is 13.9. The van der Waals surface area contributed by atoms with Gasteiger partial charge in [0.2, 0.25) is 15.9 Å². The van der Waals surface area contributed by atoms with E-state index in [2.05, 4.69) is 15.9 Å². The lowest BCUT2D eigenvalue weighted by atomic mass is 10.3. The summed E-state index contributed by atoms with van der Waals surface area (Å²) >= 11 is 3.16. The number of para-hydroxylation sites is 2. The van der Waals surface area contributed by atoms with Gasteiger partial charge in [0.05, 0.1) is 19.3 Å². The van der Waals surface area contributed by atoms with Crippen LogP contribution in [0.1, 0.15) is 6.42 Å². The van der Waals surface area contributed by atoms with E-state index in [1.54, 1.807) is 30.3 Å². The summed E-state index contributed by atoms with van der Waals surface area (Å²) in [5.74, 6) is -0.630. The Morgan fingerprint density at radius 1 is 1.16 bits per heavy atom. The van der Waals surface area contributed by atoms with Crippen molar-refractivity contribution in [1.82, 2.24) is 4.72 Å². The first-order valence-corrected chi connectivity index (χ1v) is 9.78. The van der Waals surface area contributed by atoms with Crippen LogP contribution in [0.4, 0.5) is 4.39 Å². The van der Waals surface area contributed by atoms with Gasteiger partial charge in [-0.1, -0.05) is 28.1 Å². The van der Waals surface area contributed by atoms with Crippen molar-refractivity contribution in [3.8, 4) is 17.2 Å². The predicted octanol–water partition coefficient (Wildman–Crippen LogP) is 3.23. The van der Waals surface area contributed by atoms with Crippen LogP contribution in [0.3, 0.4) is 0 Å². The Labute approximate surface area is 153 Å². The molecule has 0 unspecified atom stereocenters. The van der Waals surface area contributed by atoms with Gasteiger partial charge < -0.3 is 9.47 Å². The minimum absolute atomic E-state index is 0.0223. The number of nitrogens with one attached hydrogen (secondary N) is 1. The molecular formula is C16H15BrFNO5S. The molecule has 1 amide bonds. The molecule has 2 rings (SSSR count). The Morgan fingerprint density at radius 3 is 2.48 bits per heavy atom. The molecule has 0 saturated carbocycles. The van der Waals surface area contributed by atoms with Gasteiger partial charge in [0.1, 0.15) is 0 Å². The molecule has 0 spiro atoms. The van der Waals surface area contributed by atoms with Crippen molar-refractivity contribution in [3.05, 3.63) is 52.8 Å². The Morgan fingerprint density at radius 2 is 1.84 bits per heavy atom. The van der Waals surface area contributed by atoms with E-state index in [1.807, 2.05) is 4.72 Å². The third-order valence-electron chi connectivity index (χ3n) is 2.85. The number of ether oxygens (including phenoxy) is 2. The van der Waals surface area contributed by atoms with E-state index in [0.29, 0.717) is 10.2 Å². The normalized spacial score (nSPS) is 11.0. The maximum Gasteiger partial charge on any atom is 0.236 e. The summed E-state index contributed by atoms with van der Waals surface area (Å²) in [4.78, 5) is 11.4. The average molecular weight is 432 g/mol. The maximum absolute atomic E-state index is 13.9. The van der Waals surface area contributed by atoms with Crippen molar-refractivity contribution in [2.45, 2.75) is 6.42 Å². The highest BCUT2D eigenvalue weighted by atomic mass is 79.9. The second-order valence-electron chi connectivity index (χ2n) is 5.02. The Bertz CT molecular complexity index is 873. The summed E-state index contributed by atoms with van der Waals surface area (Å²) in [7, 11) is -3.60. The van der Waals surface area contributed by atoms with E-state index in [0.717, 1.165) is 6.26 Å². The van der Waals surface area contributed by atoms with E-state index < -0.39 is 21.7 Å². The summed E-state index contributed by atoms with van der Waals surface area (Å²) < 4.78 is 49.2. The zero-order chi connectivity index (χ0) is 18.4. The lowest BCUT2D eigenvalue weighted by molar-refractivity contribution is -0.119. The molecular weight excluding hydrogens is 417 g/mol. The second-order valence-corrected chi connectivity index (χ2v) is 7.68. The molecule has 0 heterocycles. The van der Waals surface area contributed by atoms with Gasteiger partial charge in [0.15, 0.2) is 23.1 Å². The van der Waals surface area contributed by atoms with Crippen LogP contribution < -0.4 is 14.2 Å². The standard InChI is InChI=1S/C16H15BrFNO5S/c1-25(21,22)19-16(20)8-9-23-14-4-2-3-5-15(14)24-13-7-6-11(17)10-12(13)18/h2-7,10H,8-9H2,1H3,(H,19,20). The summed E-state index contributed by atoms with van der Waals surface area (Å²) in [6.45, 7) is -0.0649. The number of benzene rings is 2. The molecule has 2 aromatic carbocycles. The van der Waals surface area contributed by atoms with Crippen LogP contribution in [-0.2, 0) is 14.8 Å². The minimum Gasteiger partial charge on any atom is -0.489 e. The molecule has 0 aromatic heterocycles. The molecule has 134 valence electrons. The molecule has 0 radical (unpaired) electrons. The van der Waals surface area contributed by atoms with E-state index in [1.165, 1.54) is 12.1 Å². The smallest absolute Gasteiger partial charge is 0.236 e. The first kappa shape index (κ1) is 19.2. The van der Waals surface area contributed by atoms with Crippen molar-refractivity contribution < 1.29 is 27.1 Å². The Hall–Kier alpha value is -2.13. The first-order chi connectivity index (χ1) is 11.7. The van der Waals surface area contributed by atoms with E-state index in [4.69, 9.17) is 9.47 Å². The number of rotatable bonds is 7. The fraction of sp³-hybridized carbons (Fsp3) is 0.188. The van der Waals surface area contributed by atoms with Crippen LogP contribution >= 0.6 is 15.9 Å². The molecule has 25 heavy (non-hydrogen) atoms. The number of halogens is 2. The van der Waals surface area contributed by atoms with Crippen LogP contribution in [0.25, 0.3) is 0 Å². The summed E-state index contributed by atoms with van der Waals surface area (Å²) in [6.07, 6.45) is 0.732. The van der Waals surface area contributed by atoms with Crippen LogP contribution in [0.2, 0.25) is 0 Å². The fourth-order valence-electron chi connectivity index (χ4n) is 1.84. The molecule has 0 aliphatic heterocycles. The fourth-order valence-corrected chi connectivity index (χ4v) is 2.69. The largest absolute Gasteiger partial charge is 0.489 e. The van der Waals surface area contributed by atoms with Gasteiger partial charge in [-0.2, -0.15) is 0 Å². The average Bonchev–Trinajstić information content (AvgIpc) is 2.50. The molecule has 0 fully saturated rings. The van der Waals surface area contributed by atoms with Crippen LogP contribution in [-0.4, -0.2) is 27.2 Å². The molecule has 0 bridgehead atoms. The molecule has 0 aliphatic carbocycles. The van der Waals surface area contributed by atoms with Crippen LogP contribution in [0.5, 0.6) is 17.2 Å². The number of carbonyl (C=O) groups is 1. The number of hydrogen-bond donors (Lipinski definition) is 1. The first-order valence-electron chi connectivity index (χ1n) is 7.10. The quantitative estimate of drug-likeness (QED) is 0.727. The van der Waals surface area contributed by atoms with Crippen LogP contribution in [0, 0.1) is 5.82 Å². The molecule has 0 saturated heterocycles. The number of amides is 1. The highest BCUT2D eigenvalue weighted by Gasteiger charge is 2.12. The third-order valence-corrected chi connectivity index (χ3v) is 3.94. The van der Waals surface area contributed by atoms with Gasteiger partial charge in [-0.25, -0.2) is 12.8 Å². The van der Waals surface area contributed by atoms with Crippen molar-refractivity contribution in [2.24, 2.45) is 0 Å². The Kier molecular flexibility index (Phi) is 6.38. The topological polar surface area (TPSA) is 81.7 Å². The monoisotopic (exact) mass is 431 g/mol. The van der Waals surface area contributed by atoms with Crippen molar-refractivity contribution in [1.29, 1.82) is 0 Å². The highest BCUT2D eigenvalue weighted by molar-refractivity contribution is 9.10. The molecule has 9 heteroatoms. The SMILES string of the molecule is CS(=O)(=O)NC(=O)CCOc1ccccc1Oc1ccc(Br)cc1F. The predicted molar refractivity (Wildman–Crippen MR) is 93.7 cm³/mol. The summed E-state index contributed by atoms with van der Waals surface area (Å²) in [5, 5.41) is 0. The van der Waals surface area contributed by atoms with Gasteiger partial charge >= 0.3 is 0 Å². The molecule has 0 atom stereocenters. The molecule has 1 N–H and O–H groups in total. The lowest BCUT2D eigenvalue weighted by Crippen LogP contribution is -2.30. The van der Waals surface area contributed by atoms with Gasteiger partial charge in [0.25, 0.3) is 0 Å². The third kappa shape index (κ3) is 6.35. The summed E-state index contributed by atoms with van der Waals surface area (Å²) in [6, 6.07) is 10.9. The van der Waals surface area contributed by atoms with E-state index >= 15 is 0 Å². The lowest BCUT2D eigenvalue weighted by Gasteiger charge is -2.13. The number of hydrogen-bond acceptors (Lipinski definition) is 5. The highest BCUT2D eigenvalue weighted by Crippen LogP contribution is 2.33. The van der Waals surface area contributed by atoms with Gasteiger partial charge in [-0.3, -0.25) is 9.52 Å². The van der Waals surface area contributed by atoms with Crippen LogP contribution in [0.15, 0.2) is 46.9 Å². The zero-order valence-corrected chi connectivity index (χ0v) is 15.6. The molecule has 6 nitrogen and oxygen atoms in total. The number of sulfonamides is 1. The van der Waals surface area contributed by atoms with Gasteiger partial charge in [-0.15, -0.1) is 0 Å². The van der Waals surface area contributed by atoms with E-state index in [9.17, 15) is 17.6 Å². The number of carbonyl (C=O) groups excluding carboxylic acids is 1. The Balaban J connectivity index is 2.02. The van der Waals surface area contributed by atoms with E-state index in [-0.39, 0.29) is 24.5 Å². The second kappa shape index (κ2) is 8.30. The van der Waals surface area contributed by atoms with Gasteiger partial charge in [-0.05, 0) is 30.3 Å². The summed E-state index contributed by atoms with van der Waals surface area (Å²) in [5.41, 5.74) is 0. The van der Waals surface area contributed by atoms with Crippen molar-refractivity contribution in [2.75, 3.05) is 12.9 Å². The molecule has 2 aromatic rings. The molecule has 0 aliphatic rings.